The van der Waals surface area contributed by atoms with Crippen LogP contribution in [0.1, 0.15) is 40.3 Å². The summed E-state index contributed by atoms with van der Waals surface area (Å²) in [6.07, 6.45) is 1.87. The quantitative estimate of drug-likeness (QED) is 0.818. The minimum atomic E-state index is 0.0277. The molecule has 90 valence electrons. The number of anilines is 1. The molecule has 0 fully saturated rings. The molecule has 0 saturated carbocycles. The van der Waals surface area contributed by atoms with E-state index in [2.05, 4.69) is 49.9 Å². The Hall–Kier alpha value is -0.770. The zero-order valence-corrected chi connectivity index (χ0v) is 11.6. The van der Waals surface area contributed by atoms with Gasteiger partial charge in [-0.1, -0.05) is 27.7 Å². The molecule has 16 heavy (non-hydrogen) atoms. The van der Waals surface area contributed by atoms with Crippen LogP contribution in [0.4, 0.5) is 5.82 Å². The number of hydrogen-bond donors (Lipinski definition) is 1. The zero-order valence-electron chi connectivity index (χ0n) is 10.8. The summed E-state index contributed by atoms with van der Waals surface area (Å²) < 4.78 is 0. The van der Waals surface area contributed by atoms with Gasteiger partial charge < -0.3 is 5.32 Å². The first kappa shape index (κ1) is 13.3. The van der Waals surface area contributed by atoms with E-state index in [1.807, 2.05) is 6.20 Å². The van der Waals surface area contributed by atoms with Gasteiger partial charge in [-0.2, -0.15) is 0 Å². The van der Waals surface area contributed by atoms with Gasteiger partial charge in [-0.25, -0.2) is 4.98 Å². The lowest BCUT2D eigenvalue weighted by atomic mass is 9.92. The third-order valence-corrected chi connectivity index (χ3v) is 2.88. The maximum atomic E-state index is 4.61. The Morgan fingerprint density at radius 1 is 1.31 bits per heavy atom. The lowest BCUT2D eigenvalue weighted by Gasteiger charge is -2.21. The summed E-state index contributed by atoms with van der Waals surface area (Å²) in [7, 11) is 0. The van der Waals surface area contributed by atoms with Gasteiger partial charge in [0.1, 0.15) is 10.8 Å². The molecule has 1 heterocycles. The highest BCUT2D eigenvalue weighted by Crippen LogP contribution is 2.28. The minimum absolute atomic E-state index is 0.0277. The SMILES string of the molecule is CCNc1nc(SCC)cnc1C(C)(C)C. The average molecular weight is 239 g/mol. The molecule has 0 aliphatic carbocycles. The van der Waals surface area contributed by atoms with Gasteiger partial charge in [0.05, 0.1) is 11.9 Å². The zero-order chi connectivity index (χ0) is 12.2. The molecule has 4 heteroatoms. The van der Waals surface area contributed by atoms with Crippen LogP contribution in [0.2, 0.25) is 0 Å². The van der Waals surface area contributed by atoms with E-state index in [4.69, 9.17) is 0 Å². The van der Waals surface area contributed by atoms with Crippen molar-refractivity contribution in [1.29, 1.82) is 0 Å². The van der Waals surface area contributed by atoms with E-state index >= 15 is 0 Å². The Labute approximate surface area is 102 Å². The maximum Gasteiger partial charge on any atom is 0.149 e. The molecular formula is C12H21N3S. The van der Waals surface area contributed by atoms with Crippen molar-refractivity contribution in [3.8, 4) is 0 Å². The van der Waals surface area contributed by atoms with E-state index in [-0.39, 0.29) is 5.41 Å². The molecule has 1 aromatic heterocycles. The van der Waals surface area contributed by atoms with Gasteiger partial charge in [-0.05, 0) is 12.7 Å². The number of nitrogens with one attached hydrogen (secondary N) is 1. The fourth-order valence-electron chi connectivity index (χ4n) is 1.43. The molecule has 0 aromatic carbocycles. The number of nitrogens with zero attached hydrogens (tertiary/aromatic N) is 2. The molecular weight excluding hydrogens is 218 g/mol. The standard InChI is InChI=1S/C12H21N3S/c1-6-13-11-10(12(3,4)5)14-8-9(15-11)16-7-2/h8H,6-7H2,1-5H3,(H,13,15). The van der Waals surface area contributed by atoms with Crippen molar-refractivity contribution in [2.45, 2.75) is 45.1 Å². The maximum absolute atomic E-state index is 4.61. The second kappa shape index (κ2) is 5.53. The van der Waals surface area contributed by atoms with Crippen LogP contribution in [-0.4, -0.2) is 22.3 Å². The van der Waals surface area contributed by atoms with Gasteiger partial charge in [0, 0.05) is 12.0 Å². The molecule has 1 aromatic rings. The smallest absolute Gasteiger partial charge is 0.149 e. The topological polar surface area (TPSA) is 37.8 Å². The van der Waals surface area contributed by atoms with Crippen molar-refractivity contribution in [2.75, 3.05) is 17.6 Å². The molecule has 0 unspecified atom stereocenters. The van der Waals surface area contributed by atoms with Crippen LogP contribution in [-0.2, 0) is 5.41 Å². The molecule has 3 nitrogen and oxygen atoms in total. The summed E-state index contributed by atoms with van der Waals surface area (Å²) in [4.78, 5) is 9.15. The molecule has 1 rings (SSSR count). The summed E-state index contributed by atoms with van der Waals surface area (Å²) in [6.45, 7) is 11.5. The Kier molecular flexibility index (Phi) is 4.59. The van der Waals surface area contributed by atoms with Gasteiger partial charge >= 0.3 is 0 Å². The highest BCUT2D eigenvalue weighted by molar-refractivity contribution is 7.99. The first-order valence-corrected chi connectivity index (χ1v) is 6.71. The molecule has 0 saturated heterocycles. The first-order valence-electron chi connectivity index (χ1n) is 5.73. The van der Waals surface area contributed by atoms with Gasteiger partial charge in [-0.3, -0.25) is 4.98 Å². The van der Waals surface area contributed by atoms with Crippen LogP contribution in [0, 0.1) is 0 Å². The number of thioether (sulfide) groups is 1. The van der Waals surface area contributed by atoms with Crippen LogP contribution >= 0.6 is 11.8 Å². The minimum Gasteiger partial charge on any atom is -0.369 e. The third-order valence-electron chi connectivity index (χ3n) is 2.10. The van der Waals surface area contributed by atoms with Crippen molar-refractivity contribution < 1.29 is 0 Å². The average Bonchev–Trinajstić information content (AvgIpc) is 2.17. The van der Waals surface area contributed by atoms with Crippen molar-refractivity contribution in [3.05, 3.63) is 11.9 Å². The predicted molar refractivity (Wildman–Crippen MR) is 71.3 cm³/mol. The summed E-state index contributed by atoms with van der Waals surface area (Å²) >= 11 is 1.72. The second-order valence-corrected chi connectivity index (χ2v) is 5.90. The van der Waals surface area contributed by atoms with Gasteiger partial charge in [0.15, 0.2) is 0 Å². The highest BCUT2D eigenvalue weighted by atomic mass is 32.2. The first-order chi connectivity index (χ1) is 7.49. The van der Waals surface area contributed by atoms with E-state index < -0.39 is 0 Å². The van der Waals surface area contributed by atoms with Gasteiger partial charge in [0.2, 0.25) is 0 Å². The number of hydrogen-bond acceptors (Lipinski definition) is 4. The second-order valence-electron chi connectivity index (χ2n) is 4.62. The summed E-state index contributed by atoms with van der Waals surface area (Å²) in [5.74, 6) is 1.95. The molecule has 0 radical (unpaired) electrons. The molecule has 0 spiro atoms. The predicted octanol–water partition coefficient (Wildman–Crippen LogP) is 3.32. The van der Waals surface area contributed by atoms with Crippen LogP contribution in [0.25, 0.3) is 0 Å². The molecule has 0 amide bonds. The molecule has 0 atom stereocenters. The van der Waals surface area contributed by atoms with Gasteiger partial charge in [0.25, 0.3) is 0 Å². The third kappa shape index (κ3) is 3.37. The molecule has 0 aliphatic rings. The fraction of sp³-hybridized carbons (Fsp3) is 0.667. The van der Waals surface area contributed by atoms with Gasteiger partial charge in [-0.15, -0.1) is 11.8 Å². The molecule has 1 N–H and O–H groups in total. The Balaban J connectivity index is 3.09. The number of rotatable bonds is 4. The Bertz CT molecular complexity index is 345. The van der Waals surface area contributed by atoms with Crippen molar-refractivity contribution in [1.82, 2.24) is 9.97 Å². The number of aromatic nitrogens is 2. The van der Waals surface area contributed by atoms with E-state index in [0.717, 1.165) is 28.8 Å². The van der Waals surface area contributed by atoms with E-state index in [0.29, 0.717) is 0 Å². The van der Waals surface area contributed by atoms with Crippen LogP contribution in [0.3, 0.4) is 0 Å². The van der Waals surface area contributed by atoms with Crippen LogP contribution in [0.15, 0.2) is 11.2 Å². The Morgan fingerprint density at radius 3 is 2.50 bits per heavy atom. The lowest BCUT2D eigenvalue weighted by molar-refractivity contribution is 0.565. The van der Waals surface area contributed by atoms with E-state index in [1.54, 1.807) is 11.8 Å². The lowest BCUT2D eigenvalue weighted by Crippen LogP contribution is -2.18. The normalized spacial score (nSPS) is 11.6. The molecule has 0 bridgehead atoms. The summed E-state index contributed by atoms with van der Waals surface area (Å²) in [5, 5.41) is 4.29. The van der Waals surface area contributed by atoms with Crippen molar-refractivity contribution in [2.24, 2.45) is 0 Å². The Morgan fingerprint density at radius 2 is 2.00 bits per heavy atom. The summed E-state index contributed by atoms with van der Waals surface area (Å²) in [5.41, 5.74) is 1.06. The highest BCUT2D eigenvalue weighted by Gasteiger charge is 2.21. The fourth-order valence-corrected chi connectivity index (χ4v) is 2.01. The van der Waals surface area contributed by atoms with E-state index in [1.165, 1.54) is 0 Å². The van der Waals surface area contributed by atoms with Crippen LogP contribution < -0.4 is 5.32 Å². The summed E-state index contributed by atoms with van der Waals surface area (Å²) in [6, 6.07) is 0. The monoisotopic (exact) mass is 239 g/mol. The largest absolute Gasteiger partial charge is 0.369 e. The van der Waals surface area contributed by atoms with Crippen molar-refractivity contribution in [3.63, 3.8) is 0 Å². The van der Waals surface area contributed by atoms with Crippen LogP contribution in [0.5, 0.6) is 0 Å². The van der Waals surface area contributed by atoms with E-state index in [9.17, 15) is 0 Å². The molecule has 0 aliphatic heterocycles. The van der Waals surface area contributed by atoms with Crippen molar-refractivity contribution >= 4 is 17.6 Å².